The highest BCUT2D eigenvalue weighted by molar-refractivity contribution is 5.76. The monoisotopic (exact) mass is 461 g/mol. The number of nitrogens with zero attached hydrogens (tertiary/aromatic N) is 4. The van der Waals surface area contributed by atoms with E-state index in [1.165, 1.54) is 5.56 Å². The van der Waals surface area contributed by atoms with Gasteiger partial charge in [-0.05, 0) is 56.8 Å². The van der Waals surface area contributed by atoms with Gasteiger partial charge in [0.15, 0.2) is 0 Å². The zero-order valence-electron chi connectivity index (χ0n) is 20.0. The summed E-state index contributed by atoms with van der Waals surface area (Å²) in [4.78, 5) is 35.1. The molecule has 2 aliphatic heterocycles. The SMILES string of the molecule is CN(CCc1ccccc1)C1CCN(C(=O)N2CCC(n3c(=O)[nH]c4ccccc43)CC2)CC1. The van der Waals surface area contributed by atoms with E-state index < -0.39 is 0 Å². The smallest absolute Gasteiger partial charge is 0.325 e. The summed E-state index contributed by atoms with van der Waals surface area (Å²) in [5.41, 5.74) is 3.16. The summed E-state index contributed by atoms with van der Waals surface area (Å²) < 4.78 is 1.88. The number of nitrogens with one attached hydrogen (secondary N) is 1. The number of imidazole rings is 1. The van der Waals surface area contributed by atoms with Crippen LogP contribution in [-0.4, -0.2) is 76.1 Å². The number of amides is 2. The maximum Gasteiger partial charge on any atom is 0.326 e. The van der Waals surface area contributed by atoms with E-state index in [4.69, 9.17) is 0 Å². The van der Waals surface area contributed by atoms with E-state index in [9.17, 15) is 9.59 Å². The van der Waals surface area contributed by atoms with Gasteiger partial charge in [0.25, 0.3) is 0 Å². The summed E-state index contributed by atoms with van der Waals surface area (Å²) >= 11 is 0. The lowest BCUT2D eigenvalue weighted by molar-refractivity contribution is 0.102. The van der Waals surface area contributed by atoms with Crippen molar-refractivity contribution < 1.29 is 4.79 Å². The minimum Gasteiger partial charge on any atom is -0.325 e. The average Bonchev–Trinajstić information content (AvgIpc) is 3.23. The van der Waals surface area contributed by atoms with Crippen molar-refractivity contribution in [3.63, 3.8) is 0 Å². The lowest BCUT2D eigenvalue weighted by Crippen LogP contribution is -2.52. The van der Waals surface area contributed by atoms with E-state index >= 15 is 0 Å². The van der Waals surface area contributed by atoms with E-state index in [1.54, 1.807) is 0 Å². The number of para-hydroxylation sites is 2. The molecule has 2 aliphatic rings. The second kappa shape index (κ2) is 10.1. The molecule has 2 amide bonds. The van der Waals surface area contributed by atoms with Crippen LogP contribution in [0.1, 0.15) is 37.3 Å². The maximum absolute atomic E-state index is 13.2. The summed E-state index contributed by atoms with van der Waals surface area (Å²) in [6.45, 7) is 4.09. The molecule has 2 fully saturated rings. The second-order valence-electron chi connectivity index (χ2n) is 9.75. The minimum atomic E-state index is -0.0515. The molecule has 1 aromatic heterocycles. The van der Waals surface area contributed by atoms with Crippen LogP contribution in [0.2, 0.25) is 0 Å². The van der Waals surface area contributed by atoms with E-state index in [0.717, 1.165) is 62.8 Å². The van der Waals surface area contributed by atoms with Crippen LogP contribution < -0.4 is 5.69 Å². The zero-order chi connectivity index (χ0) is 23.5. The molecule has 2 aromatic carbocycles. The number of H-pyrrole nitrogens is 1. The summed E-state index contributed by atoms with van der Waals surface area (Å²) in [6.07, 6.45) is 4.74. The van der Waals surface area contributed by atoms with Crippen LogP contribution in [0, 0.1) is 0 Å². The molecule has 7 heteroatoms. The van der Waals surface area contributed by atoms with Crippen molar-refractivity contribution in [1.29, 1.82) is 0 Å². The summed E-state index contributed by atoms with van der Waals surface area (Å²) in [5, 5.41) is 0. The van der Waals surface area contributed by atoms with Crippen LogP contribution in [0.5, 0.6) is 0 Å². The van der Waals surface area contributed by atoms with Crippen molar-refractivity contribution in [2.45, 2.75) is 44.2 Å². The number of fused-ring (bicyclic) bond motifs is 1. The average molecular weight is 462 g/mol. The van der Waals surface area contributed by atoms with Gasteiger partial charge < -0.3 is 19.7 Å². The molecular formula is C27H35N5O2. The van der Waals surface area contributed by atoms with E-state index in [-0.39, 0.29) is 17.8 Å². The van der Waals surface area contributed by atoms with E-state index in [2.05, 4.69) is 47.3 Å². The van der Waals surface area contributed by atoms with Crippen LogP contribution >= 0.6 is 0 Å². The van der Waals surface area contributed by atoms with Crippen molar-refractivity contribution in [2.24, 2.45) is 0 Å². The van der Waals surface area contributed by atoms with E-state index in [1.807, 2.05) is 38.6 Å². The molecule has 3 aromatic rings. The number of aromatic nitrogens is 2. The van der Waals surface area contributed by atoms with Crippen molar-refractivity contribution >= 4 is 17.1 Å². The molecular weight excluding hydrogens is 426 g/mol. The van der Waals surface area contributed by atoms with Gasteiger partial charge in [0.2, 0.25) is 0 Å². The first-order valence-electron chi connectivity index (χ1n) is 12.6. The summed E-state index contributed by atoms with van der Waals surface area (Å²) in [6, 6.07) is 19.3. The maximum atomic E-state index is 13.2. The Morgan fingerprint density at radius 3 is 2.24 bits per heavy atom. The number of benzene rings is 2. The molecule has 0 aliphatic carbocycles. The largest absolute Gasteiger partial charge is 0.326 e. The van der Waals surface area contributed by atoms with Gasteiger partial charge in [-0.15, -0.1) is 0 Å². The predicted molar refractivity (Wildman–Crippen MR) is 135 cm³/mol. The van der Waals surface area contributed by atoms with Crippen molar-refractivity contribution in [1.82, 2.24) is 24.3 Å². The molecule has 2 saturated heterocycles. The van der Waals surface area contributed by atoms with Crippen LogP contribution in [0.4, 0.5) is 4.79 Å². The third-order valence-electron chi connectivity index (χ3n) is 7.68. The number of likely N-dealkylation sites (N-methyl/N-ethyl adjacent to an activating group) is 1. The molecule has 0 radical (unpaired) electrons. The fourth-order valence-electron chi connectivity index (χ4n) is 5.58. The van der Waals surface area contributed by atoms with Crippen LogP contribution in [0.15, 0.2) is 59.4 Å². The minimum absolute atomic E-state index is 0.0515. The fourth-order valence-corrected chi connectivity index (χ4v) is 5.58. The topological polar surface area (TPSA) is 64.6 Å². The first-order chi connectivity index (χ1) is 16.6. The molecule has 0 atom stereocenters. The fraction of sp³-hybridized carbons (Fsp3) is 0.481. The number of carbonyl (C=O) groups is 1. The number of rotatable bonds is 5. The molecule has 7 nitrogen and oxygen atoms in total. The van der Waals surface area contributed by atoms with Crippen molar-refractivity contribution in [2.75, 3.05) is 39.8 Å². The van der Waals surface area contributed by atoms with Crippen molar-refractivity contribution in [3.05, 3.63) is 70.6 Å². The highest BCUT2D eigenvalue weighted by Gasteiger charge is 2.31. The van der Waals surface area contributed by atoms with Gasteiger partial charge in [-0.2, -0.15) is 0 Å². The molecule has 5 rings (SSSR count). The number of likely N-dealkylation sites (tertiary alicyclic amines) is 2. The van der Waals surface area contributed by atoms with Gasteiger partial charge in [0.1, 0.15) is 0 Å². The summed E-state index contributed by atoms with van der Waals surface area (Å²) in [5.74, 6) is 0. The summed E-state index contributed by atoms with van der Waals surface area (Å²) in [7, 11) is 2.21. The van der Waals surface area contributed by atoms with Crippen LogP contribution in [0.3, 0.4) is 0 Å². The van der Waals surface area contributed by atoms with Gasteiger partial charge in [-0.25, -0.2) is 9.59 Å². The number of carbonyl (C=O) groups excluding carboxylic acids is 1. The lowest BCUT2D eigenvalue weighted by Gasteiger charge is -2.40. The van der Waals surface area contributed by atoms with Gasteiger partial charge in [-0.3, -0.25) is 4.57 Å². The zero-order valence-corrected chi connectivity index (χ0v) is 20.0. The highest BCUT2D eigenvalue weighted by atomic mass is 16.2. The standard InChI is InChI=1S/C27H35N5O2/c1-29(16-11-21-7-3-2-4-8-21)22-12-17-30(18-13-22)27(34)31-19-14-23(15-20-31)32-25-10-6-5-9-24(25)28-26(32)33/h2-10,22-23H,11-20H2,1H3,(H,28,33). The molecule has 180 valence electrons. The van der Waals surface area contributed by atoms with E-state index in [0.29, 0.717) is 19.1 Å². The Labute approximate surface area is 201 Å². The van der Waals surface area contributed by atoms with Crippen LogP contribution in [0.25, 0.3) is 11.0 Å². The number of hydrogen-bond acceptors (Lipinski definition) is 3. The Kier molecular flexibility index (Phi) is 6.72. The molecule has 0 unspecified atom stereocenters. The molecule has 34 heavy (non-hydrogen) atoms. The highest BCUT2D eigenvalue weighted by Crippen LogP contribution is 2.26. The number of aromatic amines is 1. The first-order valence-corrected chi connectivity index (χ1v) is 12.6. The van der Waals surface area contributed by atoms with Gasteiger partial charge in [0, 0.05) is 44.8 Å². The predicted octanol–water partition coefficient (Wildman–Crippen LogP) is 3.73. The van der Waals surface area contributed by atoms with Crippen molar-refractivity contribution in [3.8, 4) is 0 Å². The third-order valence-corrected chi connectivity index (χ3v) is 7.68. The quantitative estimate of drug-likeness (QED) is 0.630. The Balaban J connectivity index is 1.10. The molecule has 3 heterocycles. The lowest BCUT2D eigenvalue weighted by atomic mass is 10.0. The van der Waals surface area contributed by atoms with Gasteiger partial charge >= 0.3 is 11.7 Å². The Morgan fingerprint density at radius 1 is 0.912 bits per heavy atom. The van der Waals surface area contributed by atoms with Crippen LogP contribution in [-0.2, 0) is 6.42 Å². The number of hydrogen-bond donors (Lipinski definition) is 1. The second-order valence-corrected chi connectivity index (χ2v) is 9.75. The third kappa shape index (κ3) is 4.75. The normalized spacial score (nSPS) is 18.2. The first kappa shape index (κ1) is 22.7. The molecule has 0 spiro atoms. The Morgan fingerprint density at radius 2 is 1.53 bits per heavy atom. The Bertz CT molecular complexity index is 1150. The van der Waals surface area contributed by atoms with Gasteiger partial charge in [-0.1, -0.05) is 42.5 Å². The number of piperidine rings is 2. The Hall–Kier alpha value is -3.06. The van der Waals surface area contributed by atoms with Gasteiger partial charge in [0.05, 0.1) is 11.0 Å². The number of urea groups is 1. The molecule has 0 saturated carbocycles. The molecule has 0 bridgehead atoms. The molecule has 1 N–H and O–H groups in total.